The van der Waals surface area contributed by atoms with Crippen LogP contribution in [0.2, 0.25) is 15.1 Å². The average Bonchev–Trinajstić information content (AvgIpc) is 2.58. The molecule has 0 amide bonds. The molecule has 1 aliphatic heterocycles. The van der Waals surface area contributed by atoms with Crippen molar-refractivity contribution in [2.45, 2.75) is 25.9 Å². The van der Waals surface area contributed by atoms with E-state index in [1.807, 2.05) is 19.1 Å². The van der Waals surface area contributed by atoms with Crippen molar-refractivity contribution in [3.05, 3.63) is 61.1 Å². The van der Waals surface area contributed by atoms with E-state index in [-0.39, 0.29) is 11.8 Å². The second-order valence-corrected chi connectivity index (χ2v) is 7.48. The van der Waals surface area contributed by atoms with Gasteiger partial charge in [-0.05, 0) is 30.7 Å². The molecule has 0 atom stereocenters. The molecule has 0 aromatic heterocycles. The van der Waals surface area contributed by atoms with Gasteiger partial charge in [-0.25, -0.2) is 0 Å². The van der Waals surface area contributed by atoms with Crippen LogP contribution in [0.5, 0.6) is 5.75 Å². The van der Waals surface area contributed by atoms with Crippen molar-refractivity contribution in [2.24, 2.45) is 0 Å². The number of piperidine rings is 1. The first kappa shape index (κ1) is 19.1. The summed E-state index contributed by atoms with van der Waals surface area (Å²) in [4.78, 5) is 12.5. The Hall–Kier alpha value is -1.69. The maximum atomic E-state index is 10.8. The molecule has 0 N–H and O–H groups in total. The first-order valence-electron chi connectivity index (χ1n) is 8.16. The first-order valence-corrected chi connectivity index (χ1v) is 9.29. The SMILES string of the molecule is Cc1cc(Cl)c(OC2CCN(c3ccc([N+](=O)[O-])cc3Cl)CC2)c(Cl)c1. The van der Waals surface area contributed by atoms with Crippen LogP contribution < -0.4 is 9.64 Å². The zero-order valence-electron chi connectivity index (χ0n) is 14.0. The lowest BCUT2D eigenvalue weighted by Crippen LogP contribution is -2.38. The summed E-state index contributed by atoms with van der Waals surface area (Å²) in [7, 11) is 0. The summed E-state index contributed by atoms with van der Waals surface area (Å²) in [5.41, 5.74) is 1.76. The summed E-state index contributed by atoms with van der Waals surface area (Å²) in [5.74, 6) is 0.519. The molecule has 0 aliphatic carbocycles. The number of hydrogen-bond acceptors (Lipinski definition) is 4. The molecule has 1 aliphatic rings. The van der Waals surface area contributed by atoms with Gasteiger partial charge in [0.15, 0.2) is 5.75 Å². The number of nitro groups is 1. The van der Waals surface area contributed by atoms with Crippen LogP contribution in [0.15, 0.2) is 30.3 Å². The summed E-state index contributed by atoms with van der Waals surface area (Å²) in [5, 5.41) is 12.2. The zero-order chi connectivity index (χ0) is 18.8. The molecular formula is C18H17Cl3N2O3. The van der Waals surface area contributed by atoms with E-state index in [0.717, 1.165) is 37.2 Å². The molecule has 0 spiro atoms. The van der Waals surface area contributed by atoms with E-state index in [2.05, 4.69) is 4.90 Å². The number of nitro benzene ring substituents is 1. The van der Waals surface area contributed by atoms with Gasteiger partial charge in [0.25, 0.3) is 5.69 Å². The topological polar surface area (TPSA) is 55.6 Å². The third kappa shape index (κ3) is 4.17. The molecule has 0 radical (unpaired) electrons. The molecule has 5 nitrogen and oxygen atoms in total. The maximum absolute atomic E-state index is 10.8. The summed E-state index contributed by atoms with van der Waals surface area (Å²) in [6.07, 6.45) is 1.54. The normalized spacial score (nSPS) is 15.2. The standard InChI is InChI=1S/C18H17Cl3N2O3/c1-11-8-15(20)18(16(21)9-11)26-13-4-6-22(7-5-13)17-3-2-12(23(24)25)10-14(17)19/h2-3,8-10,13H,4-7H2,1H3. The Morgan fingerprint density at radius 2 is 1.69 bits per heavy atom. The van der Waals surface area contributed by atoms with Gasteiger partial charge in [-0.3, -0.25) is 10.1 Å². The monoisotopic (exact) mass is 414 g/mol. The fourth-order valence-electron chi connectivity index (χ4n) is 3.05. The minimum Gasteiger partial charge on any atom is -0.487 e. The van der Waals surface area contributed by atoms with Crippen LogP contribution in [-0.2, 0) is 0 Å². The number of rotatable bonds is 4. The van der Waals surface area contributed by atoms with Crippen molar-refractivity contribution in [1.29, 1.82) is 0 Å². The van der Waals surface area contributed by atoms with Gasteiger partial charge in [-0.2, -0.15) is 0 Å². The number of non-ortho nitro benzene ring substituents is 1. The molecule has 3 rings (SSSR count). The second kappa shape index (κ2) is 7.91. The Bertz CT molecular complexity index is 813. The number of halogens is 3. The molecule has 1 fully saturated rings. The molecule has 1 heterocycles. The van der Waals surface area contributed by atoms with Crippen molar-refractivity contribution in [3.63, 3.8) is 0 Å². The third-order valence-electron chi connectivity index (χ3n) is 4.35. The maximum Gasteiger partial charge on any atom is 0.271 e. The first-order chi connectivity index (χ1) is 12.3. The highest BCUT2D eigenvalue weighted by atomic mass is 35.5. The van der Waals surface area contributed by atoms with Gasteiger partial charge in [-0.15, -0.1) is 0 Å². The lowest BCUT2D eigenvalue weighted by Gasteiger charge is -2.34. The van der Waals surface area contributed by atoms with Crippen LogP contribution in [0, 0.1) is 17.0 Å². The largest absolute Gasteiger partial charge is 0.487 e. The Morgan fingerprint density at radius 3 is 2.23 bits per heavy atom. The summed E-state index contributed by atoms with van der Waals surface area (Å²) in [6.45, 7) is 3.38. The highest BCUT2D eigenvalue weighted by molar-refractivity contribution is 6.37. The minimum absolute atomic E-state index is 0.000722. The quantitative estimate of drug-likeness (QED) is 0.460. The number of anilines is 1. The van der Waals surface area contributed by atoms with Gasteiger partial charge in [0.05, 0.1) is 25.7 Å². The molecule has 0 bridgehead atoms. The Balaban J connectivity index is 1.66. The van der Waals surface area contributed by atoms with Gasteiger partial charge in [0, 0.05) is 38.1 Å². The van der Waals surface area contributed by atoms with Gasteiger partial charge in [0.2, 0.25) is 0 Å². The summed E-state index contributed by atoms with van der Waals surface area (Å²) in [6, 6.07) is 8.19. The lowest BCUT2D eigenvalue weighted by molar-refractivity contribution is -0.384. The van der Waals surface area contributed by atoms with E-state index >= 15 is 0 Å². The van der Waals surface area contributed by atoms with Crippen molar-refractivity contribution < 1.29 is 9.66 Å². The molecule has 8 heteroatoms. The Labute approximate surface area is 166 Å². The predicted octanol–water partition coefficient (Wildman–Crippen LogP) is 5.91. The van der Waals surface area contributed by atoms with Gasteiger partial charge >= 0.3 is 0 Å². The molecule has 1 saturated heterocycles. The van der Waals surface area contributed by atoms with Crippen LogP contribution in [0.4, 0.5) is 11.4 Å². The van der Waals surface area contributed by atoms with Gasteiger partial charge in [-0.1, -0.05) is 34.8 Å². The van der Waals surface area contributed by atoms with E-state index in [4.69, 9.17) is 39.5 Å². The highest BCUT2D eigenvalue weighted by Crippen LogP contribution is 2.37. The van der Waals surface area contributed by atoms with E-state index in [0.29, 0.717) is 20.8 Å². The predicted molar refractivity (Wildman–Crippen MR) is 105 cm³/mol. The molecule has 26 heavy (non-hydrogen) atoms. The third-order valence-corrected chi connectivity index (χ3v) is 5.22. The Morgan fingerprint density at radius 1 is 1.08 bits per heavy atom. The molecular weight excluding hydrogens is 399 g/mol. The molecule has 2 aromatic rings. The number of hydrogen-bond donors (Lipinski definition) is 0. The molecule has 0 unspecified atom stereocenters. The number of benzene rings is 2. The van der Waals surface area contributed by atoms with E-state index in [1.165, 1.54) is 12.1 Å². The van der Waals surface area contributed by atoms with Gasteiger partial charge in [0.1, 0.15) is 6.10 Å². The van der Waals surface area contributed by atoms with Gasteiger partial charge < -0.3 is 9.64 Å². The molecule has 0 saturated carbocycles. The fraction of sp³-hybridized carbons (Fsp3) is 0.333. The fourth-order valence-corrected chi connectivity index (χ4v) is 4.03. The lowest BCUT2D eigenvalue weighted by atomic mass is 10.1. The average molecular weight is 416 g/mol. The van der Waals surface area contributed by atoms with Crippen LogP contribution in [0.25, 0.3) is 0 Å². The second-order valence-electron chi connectivity index (χ2n) is 6.25. The van der Waals surface area contributed by atoms with Crippen molar-refractivity contribution in [2.75, 3.05) is 18.0 Å². The van der Waals surface area contributed by atoms with Crippen molar-refractivity contribution in [3.8, 4) is 5.75 Å². The van der Waals surface area contributed by atoms with Crippen molar-refractivity contribution >= 4 is 46.2 Å². The number of aryl methyl sites for hydroxylation is 1. The number of nitrogens with zero attached hydrogens (tertiary/aromatic N) is 2. The van der Waals surface area contributed by atoms with Crippen LogP contribution in [0.1, 0.15) is 18.4 Å². The molecule has 2 aromatic carbocycles. The summed E-state index contributed by atoms with van der Waals surface area (Å²) < 4.78 is 6.02. The molecule has 138 valence electrons. The van der Waals surface area contributed by atoms with Crippen molar-refractivity contribution in [1.82, 2.24) is 0 Å². The van der Waals surface area contributed by atoms with Crippen LogP contribution in [0.3, 0.4) is 0 Å². The van der Waals surface area contributed by atoms with E-state index < -0.39 is 4.92 Å². The van der Waals surface area contributed by atoms with Crippen LogP contribution in [-0.4, -0.2) is 24.1 Å². The zero-order valence-corrected chi connectivity index (χ0v) is 16.3. The van der Waals surface area contributed by atoms with E-state index in [9.17, 15) is 10.1 Å². The van der Waals surface area contributed by atoms with E-state index in [1.54, 1.807) is 6.07 Å². The Kier molecular flexibility index (Phi) is 5.80. The summed E-state index contributed by atoms with van der Waals surface area (Å²) >= 11 is 18.7. The smallest absolute Gasteiger partial charge is 0.271 e. The number of ether oxygens (including phenoxy) is 1. The highest BCUT2D eigenvalue weighted by Gasteiger charge is 2.24. The minimum atomic E-state index is -0.454. The van der Waals surface area contributed by atoms with Crippen LogP contribution >= 0.6 is 34.8 Å².